The van der Waals surface area contributed by atoms with Crippen molar-refractivity contribution in [1.82, 2.24) is 15.6 Å². The molecule has 124 valence electrons. The summed E-state index contributed by atoms with van der Waals surface area (Å²) in [5.41, 5.74) is 0.151. The Bertz CT molecular complexity index is 481. The largest absolute Gasteiger partial charge is 0.388 e. The van der Waals surface area contributed by atoms with Gasteiger partial charge in [-0.3, -0.25) is 0 Å². The Morgan fingerprint density at radius 1 is 1.41 bits per heavy atom. The van der Waals surface area contributed by atoms with E-state index in [1.165, 1.54) is 12.8 Å². The Morgan fingerprint density at radius 3 is 2.68 bits per heavy atom. The summed E-state index contributed by atoms with van der Waals surface area (Å²) in [5.74, 6) is 0. The SMILES string of the molecule is CCc1nc(C(C)NC(=O)NCC2(O)CCCCCC2)cs1. The van der Waals surface area contributed by atoms with Gasteiger partial charge in [-0.15, -0.1) is 11.3 Å². The molecule has 1 aliphatic carbocycles. The van der Waals surface area contributed by atoms with E-state index in [9.17, 15) is 9.90 Å². The molecule has 5 nitrogen and oxygen atoms in total. The summed E-state index contributed by atoms with van der Waals surface area (Å²) in [6.45, 7) is 4.32. The van der Waals surface area contributed by atoms with Crippen molar-refractivity contribution in [2.45, 2.75) is 70.4 Å². The summed E-state index contributed by atoms with van der Waals surface area (Å²) in [4.78, 5) is 16.5. The molecule has 1 unspecified atom stereocenters. The van der Waals surface area contributed by atoms with Crippen LogP contribution in [0.2, 0.25) is 0 Å². The van der Waals surface area contributed by atoms with E-state index in [0.29, 0.717) is 6.54 Å². The van der Waals surface area contributed by atoms with Crippen LogP contribution in [-0.2, 0) is 6.42 Å². The minimum atomic E-state index is -0.743. The third-order valence-electron chi connectivity index (χ3n) is 4.28. The lowest BCUT2D eigenvalue weighted by atomic mass is 9.94. The average Bonchev–Trinajstić information content (AvgIpc) is 2.88. The molecule has 1 heterocycles. The maximum Gasteiger partial charge on any atom is 0.315 e. The average molecular weight is 325 g/mol. The second kappa shape index (κ2) is 7.92. The van der Waals surface area contributed by atoms with Gasteiger partial charge in [-0.2, -0.15) is 0 Å². The molecule has 1 aliphatic rings. The van der Waals surface area contributed by atoms with Crippen molar-refractivity contribution in [3.63, 3.8) is 0 Å². The van der Waals surface area contributed by atoms with Crippen LogP contribution in [0.15, 0.2) is 5.38 Å². The third-order valence-corrected chi connectivity index (χ3v) is 5.29. The summed E-state index contributed by atoms with van der Waals surface area (Å²) < 4.78 is 0. The van der Waals surface area contributed by atoms with Crippen LogP contribution in [0.1, 0.15) is 69.1 Å². The van der Waals surface area contributed by atoms with Crippen LogP contribution in [0.3, 0.4) is 0 Å². The molecular weight excluding hydrogens is 298 g/mol. The quantitative estimate of drug-likeness (QED) is 0.728. The van der Waals surface area contributed by atoms with Crippen molar-refractivity contribution >= 4 is 17.4 Å². The maximum absolute atomic E-state index is 12.0. The fourth-order valence-corrected chi connectivity index (χ4v) is 3.65. The van der Waals surface area contributed by atoms with Crippen LogP contribution in [-0.4, -0.2) is 28.3 Å². The molecule has 0 aliphatic heterocycles. The second-order valence-corrected chi connectivity index (χ2v) is 7.15. The van der Waals surface area contributed by atoms with Crippen LogP contribution in [0.4, 0.5) is 4.79 Å². The minimum Gasteiger partial charge on any atom is -0.388 e. The first kappa shape index (κ1) is 17.2. The van der Waals surface area contributed by atoms with Crippen molar-refractivity contribution in [3.8, 4) is 0 Å². The second-order valence-electron chi connectivity index (χ2n) is 6.21. The van der Waals surface area contributed by atoms with Crippen LogP contribution >= 0.6 is 11.3 Å². The summed E-state index contributed by atoms with van der Waals surface area (Å²) in [6.07, 6.45) is 6.88. The number of aryl methyl sites for hydroxylation is 1. The van der Waals surface area contributed by atoms with Gasteiger partial charge in [0, 0.05) is 11.9 Å². The fourth-order valence-electron chi connectivity index (χ4n) is 2.82. The summed E-state index contributed by atoms with van der Waals surface area (Å²) in [7, 11) is 0. The molecule has 1 fully saturated rings. The molecule has 2 rings (SSSR count). The number of nitrogens with zero attached hydrogens (tertiary/aromatic N) is 1. The van der Waals surface area contributed by atoms with Crippen LogP contribution in [0.25, 0.3) is 0 Å². The normalized spacial score (nSPS) is 19.2. The molecule has 1 atom stereocenters. The molecule has 0 saturated heterocycles. The highest BCUT2D eigenvalue weighted by molar-refractivity contribution is 7.09. The van der Waals surface area contributed by atoms with Gasteiger partial charge in [-0.05, 0) is 26.2 Å². The monoisotopic (exact) mass is 325 g/mol. The molecule has 0 radical (unpaired) electrons. The van der Waals surface area contributed by atoms with E-state index < -0.39 is 5.60 Å². The number of aliphatic hydroxyl groups is 1. The standard InChI is InChI=1S/C16H27N3O2S/c1-3-14-19-13(10-22-14)12(2)18-15(20)17-11-16(21)8-6-4-5-7-9-16/h10,12,21H,3-9,11H2,1-2H3,(H2,17,18,20). The molecular formula is C16H27N3O2S. The predicted molar refractivity (Wildman–Crippen MR) is 89.1 cm³/mol. The molecule has 1 saturated carbocycles. The summed E-state index contributed by atoms with van der Waals surface area (Å²) >= 11 is 1.62. The van der Waals surface area contributed by atoms with Crippen molar-refractivity contribution in [2.24, 2.45) is 0 Å². The molecule has 22 heavy (non-hydrogen) atoms. The first-order chi connectivity index (χ1) is 10.5. The Morgan fingerprint density at radius 2 is 2.09 bits per heavy atom. The van der Waals surface area contributed by atoms with Crippen molar-refractivity contribution in [3.05, 3.63) is 16.1 Å². The molecule has 0 spiro atoms. The van der Waals surface area contributed by atoms with E-state index in [0.717, 1.165) is 42.8 Å². The summed E-state index contributed by atoms with van der Waals surface area (Å²) in [5, 5.41) is 19.3. The fraction of sp³-hybridized carbons (Fsp3) is 0.750. The summed E-state index contributed by atoms with van der Waals surface area (Å²) in [6, 6.07) is -0.364. The molecule has 1 aromatic rings. The van der Waals surface area contributed by atoms with Crippen molar-refractivity contribution in [2.75, 3.05) is 6.54 Å². The number of hydrogen-bond donors (Lipinski definition) is 3. The highest BCUT2D eigenvalue weighted by atomic mass is 32.1. The van der Waals surface area contributed by atoms with Gasteiger partial charge in [0.25, 0.3) is 0 Å². The maximum atomic E-state index is 12.0. The number of rotatable bonds is 5. The van der Waals surface area contributed by atoms with Gasteiger partial charge in [0.1, 0.15) is 0 Å². The molecule has 2 amide bonds. The Labute approximate surface area is 136 Å². The van der Waals surface area contributed by atoms with Crippen molar-refractivity contribution < 1.29 is 9.90 Å². The van der Waals surface area contributed by atoms with Gasteiger partial charge in [0.2, 0.25) is 0 Å². The number of carbonyl (C=O) groups excluding carboxylic acids is 1. The number of nitrogens with one attached hydrogen (secondary N) is 2. The zero-order valence-corrected chi connectivity index (χ0v) is 14.3. The third kappa shape index (κ3) is 4.95. The van der Waals surface area contributed by atoms with E-state index >= 15 is 0 Å². The number of hydrogen-bond acceptors (Lipinski definition) is 4. The number of urea groups is 1. The Kier molecular flexibility index (Phi) is 6.20. The van der Waals surface area contributed by atoms with Gasteiger partial charge < -0.3 is 15.7 Å². The first-order valence-corrected chi connectivity index (χ1v) is 9.11. The first-order valence-electron chi connectivity index (χ1n) is 8.23. The molecule has 3 N–H and O–H groups in total. The van der Waals surface area contributed by atoms with E-state index in [2.05, 4.69) is 22.5 Å². The molecule has 0 aromatic carbocycles. The van der Waals surface area contributed by atoms with Gasteiger partial charge in [-0.25, -0.2) is 9.78 Å². The van der Waals surface area contributed by atoms with Gasteiger partial charge in [0.05, 0.1) is 22.3 Å². The lowest BCUT2D eigenvalue weighted by Gasteiger charge is -2.27. The number of carbonyl (C=O) groups is 1. The molecule has 1 aromatic heterocycles. The topological polar surface area (TPSA) is 74.2 Å². The van der Waals surface area contributed by atoms with E-state index in [-0.39, 0.29) is 12.1 Å². The Balaban J connectivity index is 1.79. The van der Waals surface area contributed by atoms with Crippen LogP contribution < -0.4 is 10.6 Å². The smallest absolute Gasteiger partial charge is 0.315 e. The number of aromatic nitrogens is 1. The highest BCUT2D eigenvalue weighted by Crippen LogP contribution is 2.26. The van der Waals surface area contributed by atoms with E-state index in [4.69, 9.17) is 0 Å². The highest BCUT2D eigenvalue weighted by Gasteiger charge is 2.28. The van der Waals surface area contributed by atoms with Crippen molar-refractivity contribution in [1.29, 1.82) is 0 Å². The molecule has 6 heteroatoms. The van der Waals surface area contributed by atoms with Gasteiger partial charge in [0.15, 0.2) is 0 Å². The van der Waals surface area contributed by atoms with Crippen LogP contribution in [0.5, 0.6) is 0 Å². The molecule has 0 bridgehead atoms. The van der Waals surface area contributed by atoms with E-state index in [1.54, 1.807) is 11.3 Å². The lowest BCUT2D eigenvalue weighted by molar-refractivity contribution is 0.0276. The van der Waals surface area contributed by atoms with E-state index in [1.807, 2.05) is 12.3 Å². The number of amides is 2. The zero-order chi connectivity index (χ0) is 16.0. The Hall–Kier alpha value is -1.14. The lowest BCUT2D eigenvalue weighted by Crippen LogP contribution is -2.46. The zero-order valence-electron chi connectivity index (χ0n) is 13.5. The number of thiazole rings is 1. The minimum absolute atomic E-state index is 0.125. The van der Waals surface area contributed by atoms with Gasteiger partial charge >= 0.3 is 6.03 Å². The van der Waals surface area contributed by atoms with Gasteiger partial charge in [-0.1, -0.05) is 32.6 Å². The predicted octanol–water partition coefficient (Wildman–Crippen LogP) is 3.15. The van der Waals surface area contributed by atoms with Crippen LogP contribution in [0, 0.1) is 0 Å².